The highest BCUT2D eigenvalue weighted by Gasteiger charge is 2.46. The second-order valence-electron chi connectivity index (χ2n) is 6.84. The first kappa shape index (κ1) is 21.8. The van der Waals surface area contributed by atoms with Gasteiger partial charge in [0, 0.05) is 0 Å². The quantitative estimate of drug-likeness (QED) is 0.653. The maximum Gasteiger partial charge on any atom is 0.338 e. The van der Waals surface area contributed by atoms with Crippen molar-refractivity contribution in [2.24, 2.45) is 5.92 Å². The summed E-state index contributed by atoms with van der Waals surface area (Å²) in [6.45, 7) is 7.89. The molecule has 0 fully saturated rings. The van der Waals surface area contributed by atoms with Gasteiger partial charge in [0.15, 0.2) is 17.7 Å². The zero-order chi connectivity index (χ0) is 20.3. The van der Waals surface area contributed by atoms with Crippen LogP contribution in [0.2, 0.25) is 0 Å². The third kappa shape index (κ3) is 5.12. The number of carbonyl (C=O) groups is 2. The molecule has 1 unspecified atom stereocenters. The van der Waals surface area contributed by atoms with Gasteiger partial charge in [0.2, 0.25) is 0 Å². The smallest absolute Gasteiger partial charge is 0.338 e. The Hall–Kier alpha value is -2.25. The SMILES string of the molecule is CCC(C)(C)Oc1ccc(C(=O)OC(C(C)C)C(F)(F)C(=O)[O-])cc1F. The zero-order valence-electron chi connectivity index (χ0n) is 15.3. The molecule has 0 amide bonds. The van der Waals surface area contributed by atoms with E-state index in [-0.39, 0.29) is 11.3 Å². The van der Waals surface area contributed by atoms with E-state index < -0.39 is 41.3 Å². The molecule has 0 N–H and O–H groups in total. The third-order valence-electron chi connectivity index (χ3n) is 3.87. The molecule has 0 bridgehead atoms. The Morgan fingerprint density at radius 1 is 1.23 bits per heavy atom. The predicted octanol–water partition coefficient (Wildman–Crippen LogP) is 2.96. The van der Waals surface area contributed by atoms with Crippen molar-refractivity contribution in [3.63, 3.8) is 0 Å². The van der Waals surface area contributed by atoms with Crippen molar-refractivity contribution in [1.82, 2.24) is 0 Å². The lowest BCUT2D eigenvalue weighted by Crippen LogP contribution is -2.53. The highest BCUT2D eigenvalue weighted by atomic mass is 19.3. The molecule has 0 spiro atoms. The lowest BCUT2D eigenvalue weighted by Gasteiger charge is -2.30. The van der Waals surface area contributed by atoms with Gasteiger partial charge in [-0.15, -0.1) is 0 Å². The van der Waals surface area contributed by atoms with E-state index in [2.05, 4.69) is 4.74 Å². The minimum atomic E-state index is -4.38. The van der Waals surface area contributed by atoms with E-state index in [0.717, 1.165) is 12.1 Å². The van der Waals surface area contributed by atoms with E-state index in [9.17, 15) is 27.9 Å². The number of alkyl halides is 2. The maximum absolute atomic E-state index is 14.2. The Labute approximate surface area is 150 Å². The van der Waals surface area contributed by atoms with Crippen molar-refractivity contribution >= 4 is 11.9 Å². The number of carbonyl (C=O) groups excluding carboxylic acids is 2. The van der Waals surface area contributed by atoms with Crippen LogP contribution in [0.4, 0.5) is 13.2 Å². The lowest BCUT2D eigenvalue weighted by atomic mass is 10.0. The Morgan fingerprint density at radius 2 is 1.81 bits per heavy atom. The van der Waals surface area contributed by atoms with Crippen LogP contribution >= 0.6 is 0 Å². The summed E-state index contributed by atoms with van der Waals surface area (Å²) >= 11 is 0. The molecular formula is C18H22F3O5-. The van der Waals surface area contributed by atoms with Crippen molar-refractivity contribution < 1.29 is 37.3 Å². The molecule has 1 aromatic carbocycles. The summed E-state index contributed by atoms with van der Waals surface area (Å²) in [6, 6.07) is 3.13. The number of esters is 1. The first-order valence-corrected chi connectivity index (χ1v) is 8.10. The fourth-order valence-corrected chi connectivity index (χ4v) is 2.01. The van der Waals surface area contributed by atoms with Gasteiger partial charge in [0.25, 0.3) is 0 Å². The molecule has 0 aliphatic carbocycles. The van der Waals surface area contributed by atoms with Crippen LogP contribution in [0.5, 0.6) is 5.75 Å². The van der Waals surface area contributed by atoms with E-state index >= 15 is 0 Å². The van der Waals surface area contributed by atoms with E-state index in [1.165, 1.54) is 19.9 Å². The van der Waals surface area contributed by atoms with E-state index in [0.29, 0.717) is 6.42 Å². The highest BCUT2D eigenvalue weighted by molar-refractivity contribution is 5.90. The highest BCUT2D eigenvalue weighted by Crippen LogP contribution is 2.29. The zero-order valence-corrected chi connectivity index (χ0v) is 15.3. The maximum atomic E-state index is 14.2. The Bertz CT molecular complexity index is 671. The van der Waals surface area contributed by atoms with Gasteiger partial charge in [-0.3, -0.25) is 0 Å². The Morgan fingerprint density at radius 3 is 2.23 bits per heavy atom. The van der Waals surface area contributed by atoms with Crippen molar-refractivity contribution in [2.45, 2.75) is 58.7 Å². The number of aliphatic carboxylic acids is 1. The molecule has 0 radical (unpaired) electrons. The van der Waals surface area contributed by atoms with Crippen LogP contribution in [0, 0.1) is 11.7 Å². The molecule has 146 valence electrons. The van der Waals surface area contributed by atoms with Gasteiger partial charge in [-0.2, -0.15) is 8.78 Å². The number of hydrogen-bond donors (Lipinski definition) is 0. The molecule has 8 heteroatoms. The normalized spacial score (nSPS) is 13.4. The number of ether oxygens (including phenoxy) is 2. The minimum absolute atomic E-state index is 0.103. The molecule has 1 aromatic rings. The number of carboxylic acids is 1. The minimum Gasteiger partial charge on any atom is -0.544 e. The Kier molecular flexibility index (Phi) is 6.68. The number of halogens is 3. The molecule has 0 aliphatic rings. The second-order valence-corrected chi connectivity index (χ2v) is 6.84. The van der Waals surface area contributed by atoms with Gasteiger partial charge < -0.3 is 19.4 Å². The molecule has 1 atom stereocenters. The molecule has 0 aliphatic heterocycles. The molecule has 1 rings (SSSR count). The van der Waals surface area contributed by atoms with Gasteiger partial charge >= 0.3 is 11.9 Å². The summed E-state index contributed by atoms with van der Waals surface area (Å²) in [6.07, 6.45) is -1.65. The molecule has 0 saturated carbocycles. The average molecular weight is 375 g/mol. The van der Waals surface area contributed by atoms with Gasteiger partial charge in [0.1, 0.15) is 11.6 Å². The van der Waals surface area contributed by atoms with Crippen molar-refractivity contribution in [1.29, 1.82) is 0 Å². The number of rotatable bonds is 8. The van der Waals surface area contributed by atoms with E-state index in [1.54, 1.807) is 13.8 Å². The van der Waals surface area contributed by atoms with Gasteiger partial charge in [-0.05, 0) is 44.4 Å². The van der Waals surface area contributed by atoms with Gasteiger partial charge in [-0.1, -0.05) is 20.8 Å². The largest absolute Gasteiger partial charge is 0.544 e. The van der Waals surface area contributed by atoms with Crippen molar-refractivity contribution in [3.05, 3.63) is 29.6 Å². The number of carboxylic acid groups (broad SMARTS) is 1. The first-order valence-electron chi connectivity index (χ1n) is 8.10. The molecule has 5 nitrogen and oxygen atoms in total. The number of benzene rings is 1. The van der Waals surface area contributed by atoms with Crippen LogP contribution in [0.15, 0.2) is 18.2 Å². The monoisotopic (exact) mass is 375 g/mol. The van der Waals surface area contributed by atoms with Crippen LogP contribution in [0.25, 0.3) is 0 Å². The van der Waals surface area contributed by atoms with Crippen LogP contribution in [0.3, 0.4) is 0 Å². The Balaban J connectivity index is 3.03. The summed E-state index contributed by atoms with van der Waals surface area (Å²) in [5.41, 5.74) is -0.980. The van der Waals surface area contributed by atoms with Crippen LogP contribution in [0.1, 0.15) is 51.4 Å². The molecule has 0 aromatic heterocycles. The van der Waals surface area contributed by atoms with E-state index in [4.69, 9.17) is 4.74 Å². The molecular weight excluding hydrogens is 353 g/mol. The van der Waals surface area contributed by atoms with Crippen LogP contribution in [-0.4, -0.2) is 29.6 Å². The van der Waals surface area contributed by atoms with Gasteiger partial charge in [0.05, 0.1) is 5.56 Å². The molecule has 26 heavy (non-hydrogen) atoms. The summed E-state index contributed by atoms with van der Waals surface area (Å²) in [4.78, 5) is 22.7. The third-order valence-corrected chi connectivity index (χ3v) is 3.87. The molecule has 0 heterocycles. The van der Waals surface area contributed by atoms with Crippen molar-refractivity contribution in [2.75, 3.05) is 0 Å². The average Bonchev–Trinajstić information content (AvgIpc) is 2.53. The van der Waals surface area contributed by atoms with Crippen LogP contribution in [-0.2, 0) is 9.53 Å². The summed E-state index contributed by atoms with van der Waals surface area (Å²) in [5, 5.41) is 10.6. The van der Waals surface area contributed by atoms with Crippen molar-refractivity contribution in [3.8, 4) is 5.75 Å². The standard InChI is InChI=1S/C18H23F3O5/c1-6-17(4,5)26-13-8-7-11(9-12(13)19)15(22)25-14(10(2)3)18(20,21)16(23)24/h7-10,14H,6H2,1-5H3,(H,23,24)/p-1. The topological polar surface area (TPSA) is 75.7 Å². The lowest BCUT2D eigenvalue weighted by molar-refractivity contribution is -0.337. The number of hydrogen-bond acceptors (Lipinski definition) is 5. The first-order chi connectivity index (χ1) is 11.8. The van der Waals surface area contributed by atoms with E-state index in [1.807, 2.05) is 6.92 Å². The van der Waals surface area contributed by atoms with Crippen LogP contribution < -0.4 is 9.84 Å². The molecule has 0 saturated heterocycles. The summed E-state index contributed by atoms with van der Waals surface area (Å²) < 4.78 is 51.6. The fourth-order valence-electron chi connectivity index (χ4n) is 2.01. The van der Waals surface area contributed by atoms with Gasteiger partial charge in [-0.25, -0.2) is 9.18 Å². The predicted molar refractivity (Wildman–Crippen MR) is 85.4 cm³/mol. The summed E-state index contributed by atoms with van der Waals surface area (Å²) in [5.74, 6) is -10.3. The summed E-state index contributed by atoms with van der Waals surface area (Å²) in [7, 11) is 0. The second kappa shape index (κ2) is 7.97. The fraction of sp³-hybridized carbons (Fsp3) is 0.556.